The van der Waals surface area contributed by atoms with Crippen molar-refractivity contribution in [3.05, 3.63) is 174 Å². The lowest BCUT2D eigenvalue weighted by atomic mass is 9.76. The quantitative estimate of drug-likeness (QED) is 0.187. The van der Waals surface area contributed by atoms with E-state index in [1.807, 2.05) is 132 Å². The van der Waals surface area contributed by atoms with E-state index in [9.17, 15) is 4.79 Å². The van der Waals surface area contributed by atoms with Crippen LogP contribution in [0.25, 0.3) is 0 Å². The number of carbonyl (C=O) groups is 1. The van der Waals surface area contributed by atoms with Crippen LogP contribution in [0.1, 0.15) is 27.0 Å². The molecule has 1 heterocycles. The summed E-state index contributed by atoms with van der Waals surface area (Å²) in [4.78, 5) is 16.2. The lowest BCUT2D eigenvalue weighted by molar-refractivity contribution is 0.0986. The third-order valence-corrected chi connectivity index (χ3v) is 7.88. The lowest BCUT2D eigenvalue weighted by Crippen LogP contribution is -2.46. The molecule has 4 N–H and O–H groups in total. The zero-order valence-corrected chi connectivity index (χ0v) is 23.8. The molecular weight excluding hydrogens is 546 g/mol. The smallest absolute Gasteiger partial charge is 0.260 e. The summed E-state index contributed by atoms with van der Waals surface area (Å²) < 4.78 is 12.2. The van der Waals surface area contributed by atoms with Gasteiger partial charge in [-0.15, -0.1) is 0 Å². The summed E-state index contributed by atoms with van der Waals surface area (Å²) in [7, 11) is 0. The number of nitrogens with zero attached hydrogens (tertiary/aromatic N) is 1. The molecule has 0 aliphatic carbocycles. The molecule has 0 aromatic heterocycles. The van der Waals surface area contributed by atoms with E-state index >= 15 is 0 Å². The van der Waals surface area contributed by atoms with Crippen LogP contribution in [0.5, 0.6) is 23.0 Å². The first kappa shape index (κ1) is 26.9. The fourth-order valence-corrected chi connectivity index (χ4v) is 5.87. The molecule has 0 bridgehead atoms. The van der Waals surface area contributed by atoms with Crippen molar-refractivity contribution in [3.8, 4) is 23.0 Å². The van der Waals surface area contributed by atoms with E-state index < -0.39 is 5.54 Å². The highest BCUT2D eigenvalue weighted by Gasteiger charge is 2.52. The second kappa shape index (κ2) is 11.0. The molecule has 1 aliphatic heterocycles. The van der Waals surface area contributed by atoms with Crippen molar-refractivity contribution in [3.63, 3.8) is 0 Å². The predicted octanol–water partition coefficient (Wildman–Crippen LogP) is 8.39. The number of fused-ring (bicyclic) bond motifs is 1. The van der Waals surface area contributed by atoms with Crippen LogP contribution in [0.3, 0.4) is 0 Å². The number of amides is 1. The molecule has 0 radical (unpaired) electrons. The number of nitrogen functional groups attached to an aromatic ring is 2. The van der Waals surface area contributed by atoms with Gasteiger partial charge in [-0.05, 0) is 108 Å². The second-order valence-corrected chi connectivity index (χ2v) is 10.6. The monoisotopic (exact) mass is 575 g/mol. The van der Waals surface area contributed by atoms with Crippen LogP contribution in [0.15, 0.2) is 152 Å². The number of anilines is 3. The maximum Gasteiger partial charge on any atom is 0.260 e. The number of ether oxygens (including phenoxy) is 2. The van der Waals surface area contributed by atoms with Crippen molar-refractivity contribution in [2.45, 2.75) is 5.54 Å². The van der Waals surface area contributed by atoms with E-state index in [1.165, 1.54) is 0 Å². The first-order valence-corrected chi connectivity index (χ1v) is 14.3. The van der Waals surface area contributed by atoms with Gasteiger partial charge in [-0.3, -0.25) is 9.69 Å². The third kappa shape index (κ3) is 4.68. The minimum atomic E-state index is -0.964. The summed E-state index contributed by atoms with van der Waals surface area (Å²) in [5.41, 5.74) is 16.2. The summed E-state index contributed by atoms with van der Waals surface area (Å²) >= 11 is 0. The van der Waals surface area contributed by atoms with Crippen LogP contribution in [-0.4, -0.2) is 5.91 Å². The van der Waals surface area contributed by atoms with Crippen molar-refractivity contribution in [2.75, 3.05) is 16.4 Å². The fourth-order valence-electron chi connectivity index (χ4n) is 5.87. The molecule has 0 saturated carbocycles. The molecule has 0 saturated heterocycles. The number of benzene rings is 6. The number of hydrogen-bond donors (Lipinski definition) is 2. The van der Waals surface area contributed by atoms with Gasteiger partial charge in [-0.2, -0.15) is 0 Å². The second-order valence-electron chi connectivity index (χ2n) is 10.6. The molecule has 6 heteroatoms. The Morgan fingerprint density at radius 1 is 0.477 bits per heavy atom. The number of hydrogen-bond acceptors (Lipinski definition) is 5. The number of carbonyl (C=O) groups excluding carboxylic acids is 1. The first-order chi connectivity index (χ1) is 21.5. The van der Waals surface area contributed by atoms with Crippen molar-refractivity contribution in [1.82, 2.24) is 0 Å². The molecular formula is C38H29N3O3. The van der Waals surface area contributed by atoms with Crippen molar-refractivity contribution < 1.29 is 14.3 Å². The molecule has 7 rings (SSSR count). The Labute approximate surface area is 255 Å². The summed E-state index contributed by atoms with van der Waals surface area (Å²) in [6.07, 6.45) is 0. The van der Waals surface area contributed by atoms with Crippen molar-refractivity contribution in [1.29, 1.82) is 0 Å². The van der Waals surface area contributed by atoms with Gasteiger partial charge in [0.1, 0.15) is 28.5 Å². The molecule has 214 valence electrons. The van der Waals surface area contributed by atoms with E-state index in [0.29, 0.717) is 39.9 Å². The lowest BCUT2D eigenvalue weighted by Gasteiger charge is -2.40. The normalized spacial score (nSPS) is 13.4. The summed E-state index contributed by atoms with van der Waals surface area (Å²) in [5.74, 6) is 2.64. The number of nitrogens with two attached hydrogens (primary N) is 2. The Morgan fingerprint density at radius 3 is 1.36 bits per heavy atom. The van der Waals surface area contributed by atoms with Gasteiger partial charge in [0.15, 0.2) is 0 Å². The zero-order chi connectivity index (χ0) is 30.1. The predicted molar refractivity (Wildman–Crippen MR) is 174 cm³/mol. The van der Waals surface area contributed by atoms with Gasteiger partial charge >= 0.3 is 0 Å². The van der Waals surface area contributed by atoms with Crippen LogP contribution in [-0.2, 0) is 5.54 Å². The molecule has 6 aromatic rings. The number of para-hydroxylation sites is 1. The average Bonchev–Trinajstić information content (AvgIpc) is 3.33. The minimum absolute atomic E-state index is 0.0730. The van der Waals surface area contributed by atoms with E-state index in [0.717, 1.165) is 22.4 Å². The number of rotatable bonds is 7. The maximum atomic E-state index is 14.3. The highest BCUT2D eigenvalue weighted by Crippen LogP contribution is 2.51. The molecule has 0 fully saturated rings. The van der Waals surface area contributed by atoms with Gasteiger partial charge in [0, 0.05) is 22.6 Å². The fraction of sp³-hybridized carbons (Fsp3) is 0.0263. The van der Waals surface area contributed by atoms with E-state index in [-0.39, 0.29) is 5.91 Å². The van der Waals surface area contributed by atoms with E-state index in [4.69, 9.17) is 20.9 Å². The van der Waals surface area contributed by atoms with Gasteiger partial charge in [-0.1, -0.05) is 60.7 Å². The minimum Gasteiger partial charge on any atom is -0.457 e. The molecule has 0 unspecified atom stereocenters. The maximum absolute atomic E-state index is 14.3. The molecule has 1 aliphatic rings. The molecule has 6 aromatic carbocycles. The summed E-state index contributed by atoms with van der Waals surface area (Å²) in [6, 6.07) is 48.0. The molecule has 0 atom stereocenters. The Morgan fingerprint density at radius 2 is 0.886 bits per heavy atom. The molecule has 44 heavy (non-hydrogen) atoms. The summed E-state index contributed by atoms with van der Waals surface area (Å²) in [5, 5.41) is 0. The van der Waals surface area contributed by atoms with Gasteiger partial charge in [0.05, 0.1) is 0 Å². The van der Waals surface area contributed by atoms with Crippen LogP contribution in [0.4, 0.5) is 17.1 Å². The Bertz CT molecular complexity index is 1830. The Balaban J connectivity index is 1.37. The highest BCUT2D eigenvalue weighted by atomic mass is 16.5. The highest BCUT2D eigenvalue weighted by molar-refractivity contribution is 6.13. The van der Waals surface area contributed by atoms with Gasteiger partial charge < -0.3 is 20.9 Å². The van der Waals surface area contributed by atoms with Crippen LogP contribution in [0.2, 0.25) is 0 Å². The van der Waals surface area contributed by atoms with Gasteiger partial charge in [0.2, 0.25) is 0 Å². The van der Waals surface area contributed by atoms with E-state index in [1.54, 1.807) is 24.3 Å². The molecule has 1 amide bonds. The molecule has 0 spiro atoms. The van der Waals surface area contributed by atoms with E-state index in [2.05, 4.69) is 0 Å². The van der Waals surface area contributed by atoms with Crippen LogP contribution < -0.4 is 25.8 Å². The topological polar surface area (TPSA) is 90.8 Å². The van der Waals surface area contributed by atoms with Crippen LogP contribution in [0, 0.1) is 0 Å². The average molecular weight is 576 g/mol. The zero-order valence-electron chi connectivity index (χ0n) is 23.8. The Hall–Kier alpha value is -6.01. The first-order valence-electron chi connectivity index (χ1n) is 14.3. The molecule has 6 nitrogen and oxygen atoms in total. The SMILES string of the molecule is Nc1ccc(Oc2ccc(C3(c4ccc(Oc5ccc(N)cc5)cc4)c4ccccc4C(=O)N3c3ccccc3)cc2)cc1. The van der Waals surface area contributed by atoms with Crippen LogP contribution >= 0.6 is 0 Å². The van der Waals surface area contributed by atoms with Crippen molar-refractivity contribution in [2.24, 2.45) is 0 Å². The van der Waals surface area contributed by atoms with Crippen molar-refractivity contribution >= 4 is 23.0 Å². The third-order valence-electron chi connectivity index (χ3n) is 7.88. The Kier molecular flexibility index (Phi) is 6.72. The van der Waals surface area contributed by atoms with Gasteiger partial charge in [-0.25, -0.2) is 0 Å². The largest absolute Gasteiger partial charge is 0.457 e. The standard InChI is InChI=1S/C38H29N3O3/c39-28-14-22-33(23-15-28)43-31-18-10-26(11-19-31)38(27-12-20-32(21-13-27)44-34-24-16-29(40)17-25-34)36-9-5-4-8-35(36)37(42)41(38)30-6-2-1-3-7-30/h1-25H,39-40H2. The van der Waals surface area contributed by atoms with Gasteiger partial charge in [0.25, 0.3) is 5.91 Å². The summed E-state index contributed by atoms with van der Waals surface area (Å²) in [6.45, 7) is 0.